The molecule has 1 aliphatic rings. The molecule has 17 heavy (non-hydrogen) atoms. The van der Waals surface area contributed by atoms with Crippen molar-refractivity contribution >= 4 is 11.8 Å². The number of hydrogen-bond donors (Lipinski definition) is 1. The molecule has 0 aliphatic heterocycles. The van der Waals surface area contributed by atoms with E-state index in [0.29, 0.717) is 5.16 Å². The van der Waals surface area contributed by atoms with Gasteiger partial charge in [-0.25, -0.2) is 9.97 Å². The van der Waals surface area contributed by atoms with Crippen LogP contribution >= 0.6 is 11.8 Å². The highest BCUT2D eigenvalue weighted by atomic mass is 32.2. The second-order valence-corrected chi connectivity index (χ2v) is 5.15. The van der Waals surface area contributed by atoms with Crippen molar-refractivity contribution in [2.24, 2.45) is 0 Å². The van der Waals surface area contributed by atoms with E-state index < -0.39 is 0 Å². The van der Waals surface area contributed by atoms with Crippen LogP contribution in [0.3, 0.4) is 0 Å². The maximum Gasteiger partial charge on any atom is 0.188 e. The maximum absolute atomic E-state index is 10.1. The fraction of sp³-hybridized carbons (Fsp3) is 0.231. The lowest BCUT2D eigenvalue weighted by molar-refractivity contribution is 0.184. The van der Waals surface area contributed by atoms with Gasteiger partial charge in [0.1, 0.15) is 0 Å². The molecule has 1 aromatic heterocycles. The summed E-state index contributed by atoms with van der Waals surface area (Å²) in [7, 11) is 0. The molecule has 1 N–H and O–H groups in total. The Morgan fingerprint density at radius 3 is 2.71 bits per heavy atom. The van der Waals surface area contributed by atoms with Crippen molar-refractivity contribution in [2.75, 3.05) is 0 Å². The van der Waals surface area contributed by atoms with Gasteiger partial charge in [-0.05, 0) is 17.2 Å². The molecule has 1 aromatic carbocycles. The topological polar surface area (TPSA) is 46.0 Å². The lowest BCUT2D eigenvalue weighted by atomic mass is 10.1. The number of thioether (sulfide) groups is 1. The predicted molar refractivity (Wildman–Crippen MR) is 66.8 cm³/mol. The highest BCUT2D eigenvalue weighted by Crippen LogP contribution is 2.43. The van der Waals surface area contributed by atoms with Gasteiger partial charge >= 0.3 is 0 Å². The normalized spacial score (nSPS) is 22.4. The first-order chi connectivity index (χ1) is 8.34. The van der Waals surface area contributed by atoms with Crippen molar-refractivity contribution in [3.05, 3.63) is 53.9 Å². The minimum atomic E-state index is -0.346. The van der Waals surface area contributed by atoms with Crippen LogP contribution in [0.5, 0.6) is 0 Å². The number of aliphatic hydroxyl groups is 1. The lowest BCUT2D eigenvalue weighted by Gasteiger charge is -2.13. The van der Waals surface area contributed by atoms with Crippen LogP contribution in [0.2, 0.25) is 0 Å². The molecule has 2 aromatic rings. The van der Waals surface area contributed by atoms with E-state index in [9.17, 15) is 5.11 Å². The van der Waals surface area contributed by atoms with Gasteiger partial charge in [-0.1, -0.05) is 36.0 Å². The van der Waals surface area contributed by atoms with Gasteiger partial charge in [0.05, 0.1) is 11.4 Å². The molecule has 3 rings (SSSR count). The van der Waals surface area contributed by atoms with Gasteiger partial charge in [-0.2, -0.15) is 0 Å². The number of benzene rings is 1. The SMILES string of the molecule is O[C@H]1Cc2ccccc2[C@@H]1Sc1ncccn1. The molecule has 3 nitrogen and oxygen atoms in total. The molecule has 0 radical (unpaired) electrons. The molecule has 0 amide bonds. The summed E-state index contributed by atoms with van der Waals surface area (Å²) in [5, 5.41) is 10.9. The molecule has 0 spiro atoms. The molecule has 4 heteroatoms. The van der Waals surface area contributed by atoms with Crippen molar-refractivity contribution in [2.45, 2.75) is 22.9 Å². The summed E-state index contributed by atoms with van der Waals surface area (Å²) in [6.45, 7) is 0. The second-order valence-electron chi connectivity index (χ2n) is 4.04. The van der Waals surface area contributed by atoms with Crippen molar-refractivity contribution in [1.82, 2.24) is 9.97 Å². The summed E-state index contributed by atoms with van der Waals surface area (Å²) in [6, 6.07) is 9.97. The molecule has 0 saturated carbocycles. The fourth-order valence-electron chi connectivity index (χ4n) is 2.14. The van der Waals surface area contributed by atoms with Crippen molar-refractivity contribution in [3.8, 4) is 0 Å². The quantitative estimate of drug-likeness (QED) is 0.823. The van der Waals surface area contributed by atoms with Gasteiger partial charge in [0, 0.05) is 18.8 Å². The van der Waals surface area contributed by atoms with E-state index in [0.717, 1.165) is 6.42 Å². The monoisotopic (exact) mass is 244 g/mol. The number of fused-ring (bicyclic) bond motifs is 1. The Morgan fingerprint density at radius 1 is 1.12 bits per heavy atom. The van der Waals surface area contributed by atoms with Gasteiger partial charge in [0.15, 0.2) is 5.16 Å². The van der Waals surface area contributed by atoms with Crippen LogP contribution in [0, 0.1) is 0 Å². The Labute approximate surface area is 104 Å². The van der Waals surface area contributed by atoms with Crippen LogP contribution in [-0.4, -0.2) is 21.2 Å². The first kappa shape index (κ1) is 10.7. The molecule has 1 aliphatic carbocycles. The summed E-state index contributed by atoms with van der Waals surface area (Å²) >= 11 is 1.53. The third kappa shape index (κ3) is 2.06. The van der Waals surface area contributed by atoms with Crippen molar-refractivity contribution < 1.29 is 5.11 Å². The molecule has 86 valence electrons. The number of rotatable bonds is 2. The van der Waals surface area contributed by atoms with E-state index in [1.165, 1.54) is 22.9 Å². The van der Waals surface area contributed by atoms with Crippen LogP contribution in [0.15, 0.2) is 47.9 Å². The first-order valence-corrected chi connectivity index (χ1v) is 6.42. The van der Waals surface area contributed by atoms with E-state index >= 15 is 0 Å². The zero-order valence-electron chi connectivity index (χ0n) is 9.15. The number of hydrogen-bond acceptors (Lipinski definition) is 4. The van der Waals surface area contributed by atoms with Crippen LogP contribution < -0.4 is 0 Å². The zero-order valence-corrected chi connectivity index (χ0v) is 9.97. The van der Waals surface area contributed by atoms with E-state index in [4.69, 9.17) is 0 Å². The summed E-state index contributed by atoms with van der Waals surface area (Å²) in [4.78, 5) is 8.38. The molecular formula is C13H12N2OS. The van der Waals surface area contributed by atoms with Crippen LogP contribution in [0.4, 0.5) is 0 Å². The average Bonchev–Trinajstić information content (AvgIpc) is 2.68. The van der Waals surface area contributed by atoms with Crippen LogP contribution in [-0.2, 0) is 6.42 Å². The third-order valence-corrected chi connectivity index (χ3v) is 4.16. The Morgan fingerprint density at radius 2 is 1.88 bits per heavy atom. The van der Waals surface area contributed by atoms with Crippen molar-refractivity contribution in [3.63, 3.8) is 0 Å². The Balaban J connectivity index is 1.89. The summed E-state index contributed by atoms with van der Waals surface area (Å²) in [5.41, 5.74) is 2.44. The molecular weight excluding hydrogens is 232 g/mol. The van der Waals surface area contributed by atoms with Gasteiger partial charge in [-0.3, -0.25) is 0 Å². The van der Waals surface area contributed by atoms with Gasteiger partial charge in [0.25, 0.3) is 0 Å². The number of aromatic nitrogens is 2. The predicted octanol–water partition coefficient (Wildman–Crippen LogP) is 2.23. The summed E-state index contributed by atoms with van der Waals surface area (Å²) < 4.78 is 0. The molecule has 0 fully saturated rings. The number of nitrogens with zero attached hydrogens (tertiary/aromatic N) is 2. The molecule has 1 heterocycles. The second kappa shape index (κ2) is 4.47. The van der Waals surface area contributed by atoms with E-state index in [-0.39, 0.29) is 11.4 Å². The zero-order chi connectivity index (χ0) is 11.7. The van der Waals surface area contributed by atoms with E-state index in [1.54, 1.807) is 18.5 Å². The largest absolute Gasteiger partial charge is 0.391 e. The van der Waals surface area contributed by atoms with Crippen LogP contribution in [0.1, 0.15) is 16.4 Å². The number of aliphatic hydroxyl groups excluding tert-OH is 1. The summed E-state index contributed by atoms with van der Waals surface area (Å²) in [6.07, 6.45) is 3.83. The average molecular weight is 244 g/mol. The standard InChI is InChI=1S/C13H12N2OS/c16-11-8-9-4-1-2-5-10(9)12(11)17-13-14-6-3-7-15-13/h1-7,11-12,16H,8H2/t11-,12-/m0/s1. The minimum absolute atomic E-state index is 0.0496. The summed E-state index contributed by atoms with van der Waals surface area (Å²) in [5.74, 6) is 0. The van der Waals surface area contributed by atoms with Crippen molar-refractivity contribution in [1.29, 1.82) is 0 Å². The molecule has 0 saturated heterocycles. The maximum atomic E-state index is 10.1. The minimum Gasteiger partial charge on any atom is -0.391 e. The van der Waals surface area contributed by atoms with Gasteiger partial charge < -0.3 is 5.11 Å². The molecule has 0 bridgehead atoms. The van der Waals surface area contributed by atoms with Gasteiger partial charge in [0.2, 0.25) is 0 Å². The third-order valence-electron chi connectivity index (χ3n) is 2.91. The Bertz CT molecular complexity index is 518. The lowest BCUT2D eigenvalue weighted by Crippen LogP contribution is -2.10. The Hall–Kier alpha value is -1.39. The van der Waals surface area contributed by atoms with Gasteiger partial charge in [-0.15, -0.1) is 0 Å². The first-order valence-electron chi connectivity index (χ1n) is 5.54. The van der Waals surface area contributed by atoms with Crippen LogP contribution in [0.25, 0.3) is 0 Å². The van der Waals surface area contributed by atoms with E-state index in [1.807, 2.05) is 12.1 Å². The molecule has 2 atom stereocenters. The fourth-order valence-corrected chi connectivity index (χ4v) is 3.22. The Kier molecular flexibility index (Phi) is 2.82. The highest BCUT2D eigenvalue weighted by molar-refractivity contribution is 7.99. The van der Waals surface area contributed by atoms with E-state index in [2.05, 4.69) is 22.1 Å². The smallest absolute Gasteiger partial charge is 0.188 e. The highest BCUT2D eigenvalue weighted by Gasteiger charge is 2.32. The molecule has 0 unspecified atom stereocenters.